The monoisotopic (exact) mass is 208 g/mol. The molecule has 0 unspecified atom stereocenters. The minimum absolute atomic E-state index is 0.141. The largest absolute Gasteiger partial charge is 0.310 e. The van der Waals surface area contributed by atoms with E-state index >= 15 is 0 Å². The Bertz CT molecular complexity index is 322. The van der Waals surface area contributed by atoms with Crippen LogP contribution >= 0.6 is 0 Å². The lowest BCUT2D eigenvalue weighted by molar-refractivity contribution is -0.384. The highest BCUT2D eigenvalue weighted by Gasteiger charge is 2.04. The van der Waals surface area contributed by atoms with Gasteiger partial charge in [-0.05, 0) is 18.9 Å². The number of hydrogen-bond acceptors (Lipinski definition) is 3. The summed E-state index contributed by atoms with van der Waals surface area (Å²) >= 11 is 0. The molecule has 1 aromatic carbocycles. The van der Waals surface area contributed by atoms with Crippen molar-refractivity contribution in [2.45, 2.75) is 32.9 Å². The molecule has 0 aliphatic rings. The van der Waals surface area contributed by atoms with Crippen molar-refractivity contribution < 1.29 is 4.92 Å². The van der Waals surface area contributed by atoms with Crippen molar-refractivity contribution >= 4 is 5.69 Å². The maximum Gasteiger partial charge on any atom is 0.269 e. The first-order valence-electron chi connectivity index (χ1n) is 5.10. The fourth-order valence-electron chi connectivity index (χ4n) is 1.17. The standard InChI is InChI=1S/C11H16N2O2/c1-3-9(2)12-8-10-4-6-11(7-5-10)13(14)15/h4-7,9,12H,3,8H2,1-2H3/t9-/m0/s1. The molecule has 0 amide bonds. The summed E-state index contributed by atoms with van der Waals surface area (Å²) in [5.41, 5.74) is 1.21. The summed E-state index contributed by atoms with van der Waals surface area (Å²) in [6.07, 6.45) is 1.08. The number of nitro groups is 1. The molecule has 0 radical (unpaired) electrons. The molecule has 82 valence electrons. The third kappa shape index (κ3) is 3.67. The fraction of sp³-hybridized carbons (Fsp3) is 0.455. The van der Waals surface area contributed by atoms with Gasteiger partial charge in [-0.2, -0.15) is 0 Å². The summed E-state index contributed by atoms with van der Waals surface area (Å²) in [6.45, 7) is 4.99. The number of rotatable bonds is 5. The van der Waals surface area contributed by atoms with Crippen molar-refractivity contribution in [3.05, 3.63) is 39.9 Å². The summed E-state index contributed by atoms with van der Waals surface area (Å²) < 4.78 is 0. The van der Waals surface area contributed by atoms with E-state index in [1.807, 2.05) is 0 Å². The van der Waals surface area contributed by atoms with Crippen LogP contribution in [0.2, 0.25) is 0 Å². The van der Waals surface area contributed by atoms with Crippen LogP contribution in [0.4, 0.5) is 5.69 Å². The van der Waals surface area contributed by atoms with Crippen LogP contribution in [0.5, 0.6) is 0 Å². The lowest BCUT2D eigenvalue weighted by Gasteiger charge is -2.10. The Labute approximate surface area is 89.5 Å². The number of non-ortho nitro benzene ring substituents is 1. The van der Waals surface area contributed by atoms with E-state index in [2.05, 4.69) is 19.2 Å². The number of nitrogens with zero attached hydrogens (tertiary/aromatic N) is 1. The molecule has 0 heterocycles. The number of benzene rings is 1. The van der Waals surface area contributed by atoms with Crippen molar-refractivity contribution in [2.24, 2.45) is 0 Å². The third-order valence-corrected chi connectivity index (χ3v) is 2.41. The van der Waals surface area contributed by atoms with Crippen LogP contribution in [0.25, 0.3) is 0 Å². The first-order valence-corrected chi connectivity index (χ1v) is 5.10. The Morgan fingerprint density at radius 3 is 2.47 bits per heavy atom. The summed E-state index contributed by atoms with van der Waals surface area (Å²) in [5.74, 6) is 0. The van der Waals surface area contributed by atoms with E-state index in [1.54, 1.807) is 12.1 Å². The Balaban J connectivity index is 2.53. The molecule has 0 spiro atoms. The number of nitrogens with one attached hydrogen (secondary N) is 1. The van der Waals surface area contributed by atoms with Gasteiger partial charge in [0.25, 0.3) is 5.69 Å². The predicted octanol–water partition coefficient (Wildman–Crippen LogP) is 2.48. The smallest absolute Gasteiger partial charge is 0.269 e. The summed E-state index contributed by atoms with van der Waals surface area (Å²) in [5, 5.41) is 13.7. The average Bonchev–Trinajstić information content (AvgIpc) is 2.26. The highest BCUT2D eigenvalue weighted by atomic mass is 16.6. The molecule has 4 nitrogen and oxygen atoms in total. The zero-order chi connectivity index (χ0) is 11.3. The molecular formula is C11H16N2O2. The van der Waals surface area contributed by atoms with Gasteiger partial charge in [0.2, 0.25) is 0 Å². The van der Waals surface area contributed by atoms with Crippen LogP contribution in [0.3, 0.4) is 0 Å². The van der Waals surface area contributed by atoms with Gasteiger partial charge in [-0.3, -0.25) is 10.1 Å². The molecular weight excluding hydrogens is 192 g/mol. The highest BCUT2D eigenvalue weighted by Crippen LogP contribution is 2.11. The van der Waals surface area contributed by atoms with Crippen LogP contribution in [0.15, 0.2) is 24.3 Å². The van der Waals surface area contributed by atoms with Crippen LogP contribution in [0, 0.1) is 10.1 Å². The van der Waals surface area contributed by atoms with Crippen LogP contribution < -0.4 is 5.32 Å². The van der Waals surface area contributed by atoms with Gasteiger partial charge >= 0.3 is 0 Å². The molecule has 1 aromatic rings. The first-order chi connectivity index (χ1) is 7.13. The van der Waals surface area contributed by atoms with E-state index in [9.17, 15) is 10.1 Å². The van der Waals surface area contributed by atoms with Crippen molar-refractivity contribution in [3.8, 4) is 0 Å². The highest BCUT2D eigenvalue weighted by molar-refractivity contribution is 5.32. The molecule has 0 bridgehead atoms. The Morgan fingerprint density at radius 2 is 2.00 bits per heavy atom. The number of hydrogen-bond donors (Lipinski definition) is 1. The lowest BCUT2D eigenvalue weighted by atomic mass is 10.2. The summed E-state index contributed by atoms with van der Waals surface area (Å²) in [4.78, 5) is 10.0. The first kappa shape index (κ1) is 11.7. The van der Waals surface area contributed by atoms with Crippen LogP contribution in [0.1, 0.15) is 25.8 Å². The Hall–Kier alpha value is -1.42. The van der Waals surface area contributed by atoms with E-state index < -0.39 is 0 Å². The quantitative estimate of drug-likeness (QED) is 0.597. The van der Waals surface area contributed by atoms with Gasteiger partial charge in [0.05, 0.1) is 4.92 Å². The molecule has 1 rings (SSSR count). The molecule has 1 atom stereocenters. The zero-order valence-corrected chi connectivity index (χ0v) is 9.06. The van der Waals surface area contributed by atoms with E-state index in [-0.39, 0.29) is 10.6 Å². The normalized spacial score (nSPS) is 12.4. The van der Waals surface area contributed by atoms with Gasteiger partial charge in [0.1, 0.15) is 0 Å². The fourth-order valence-corrected chi connectivity index (χ4v) is 1.17. The molecule has 15 heavy (non-hydrogen) atoms. The second kappa shape index (κ2) is 5.46. The van der Waals surface area contributed by atoms with Gasteiger partial charge in [0, 0.05) is 24.7 Å². The minimum Gasteiger partial charge on any atom is -0.310 e. The lowest BCUT2D eigenvalue weighted by Crippen LogP contribution is -2.24. The molecule has 0 fully saturated rings. The van der Waals surface area contributed by atoms with E-state index in [0.717, 1.165) is 18.5 Å². The SMILES string of the molecule is CC[C@H](C)NCc1ccc([N+](=O)[O-])cc1. The van der Waals surface area contributed by atoms with Gasteiger partial charge in [-0.1, -0.05) is 19.1 Å². The van der Waals surface area contributed by atoms with E-state index in [1.165, 1.54) is 12.1 Å². The summed E-state index contributed by atoms with van der Waals surface area (Å²) in [6, 6.07) is 7.11. The molecule has 0 saturated carbocycles. The second-order valence-corrected chi connectivity index (χ2v) is 3.61. The average molecular weight is 208 g/mol. The Morgan fingerprint density at radius 1 is 1.40 bits per heavy atom. The zero-order valence-electron chi connectivity index (χ0n) is 9.06. The van der Waals surface area contributed by atoms with E-state index in [0.29, 0.717) is 6.04 Å². The van der Waals surface area contributed by atoms with Crippen molar-refractivity contribution in [2.75, 3.05) is 0 Å². The predicted molar refractivity (Wildman–Crippen MR) is 59.7 cm³/mol. The molecule has 4 heteroatoms. The van der Waals surface area contributed by atoms with Gasteiger partial charge < -0.3 is 5.32 Å². The molecule has 0 saturated heterocycles. The maximum atomic E-state index is 10.4. The minimum atomic E-state index is -0.383. The van der Waals surface area contributed by atoms with Gasteiger partial charge in [-0.25, -0.2) is 0 Å². The Kier molecular flexibility index (Phi) is 4.24. The van der Waals surface area contributed by atoms with E-state index in [4.69, 9.17) is 0 Å². The van der Waals surface area contributed by atoms with Crippen LogP contribution in [-0.2, 0) is 6.54 Å². The van der Waals surface area contributed by atoms with Crippen LogP contribution in [-0.4, -0.2) is 11.0 Å². The topological polar surface area (TPSA) is 55.2 Å². The second-order valence-electron chi connectivity index (χ2n) is 3.61. The number of nitro benzene ring substituents is 1. The molecule has 0 aliphatic heterocycles. The van der Waals surface area contributed by atoms with Crippen molar-refractivity contribution in [3.63, 3.8) is 0 Å². The third-order valence-electron chi connectivity index (χ3n) is 2.41. The molecule has 0 aliphatic carbocycles. The molecule has 0 aromatic heterocycles. The van der Waals surface area contributed by atoms with Crippen molar-refractivity contribution in [1.82, 2.24) is 5.32 Å². The van der Waals surface area contributed by atoms with Crippen molar-refractivity contribution in [1.29, 1.82) is 0 Å². The maximum absolute atomic E-state index is 10.4. The van der Waals surface area contributed by atoms with Gasteiger partial charge in [0.15, 0.2) is 0 Å². The summed E-state index contributed by atoms with van der Waals surface area (Å²) in [7, 11) is 0. The molecule has 1 N–H and O–H groups in total. The van der Waals surface area contributed by atoms with Gasteiger partial charge in [-0.15, -0.1) is 0 Å².